The van der Waals surface area contributed by atoms with Crippen LogP contribution in [0.3, 0.4) is 0 Å². The van der Waals surface area contributed by atoms with Gasteiger partial charge >= 0.3 is 5.97 Å². The van der Waals surface area contributed by atoms with Crippen molar-refractivity contribution in [3.63, 3.8) is 0 Å². The minimum absolute atomic E-state index is 0.133. The number of thiophene rings is 2. The van der Waals surface area contributed by atoms with Crippen LogP contribution >= 0.6 is 22.7 Å². The number of anilines is 4. The number of halogens is 2. The van der Waals surface area contributed by atoms with E-state index in [1.807, 2.05) is 36.7 Å². The molecule has 0 spiro atoms. The Labute approximate surface area is 362 Å². The van der Waals surface area contributed by atoms with Gasteiger partial charge in [0.05, 0.1) is 61.9 Å². The first-order valence-electron chi connectivity index (χ1n) is 20.4. The zero-order chi connectivity index (χ0) is 42.7. The molecule has 1 saturated heterocycles. The smallest absolute Gasteiger partial charge is 0.306 e. The fourth-order valence-electron chi connectivity index (χ4n) is 9.08. The standard InChI is InChI=1S/C24H23F2N5O2S.C20H18N4O3S/c1-33-18-7-15-10-27-9-14(15)6-17(18)30-21-20-16-3-2-13(8-19(16)34-22(20)29-12-28-21)23(32)31-5-4-24(25,26)11-31;1-27-15-5-12-8-21-7-11(12)4-14(15)24-18-17-13-3-2-10(20(25)26)6-16(13)28-19(17)23-9-22-18/h6-7,9,12-13H,2-5,8,10-11H2,1H3,(H,28,29,30);4-5,7,9-10H,2-3,6,8H2,1H3,(H,25,26)(H,22,23,24)/t13-;10-/m00/s1. The molecule has 0 radical (unpaired) electrons. The summed E-state index contributed by atoms with van der Waals surface area (Å²) in [5.74, 6) is -1.36. The first-order valence-corrected chi connectivity index (χ1v) is 22.0. The van der Waals surface area contributed by atoms with Crippen LogP contribution in [0, 0.1) is 11.8 Å². The first kappa shape index (κ1) is 40.0. The number of nitrogens with zero attached hydrogens (tertiary/aromatic N) is 7. The normalized spacial score (nSPS) is 19.1. The van der Waals surface area contributed by atoms with Gasteiger partial charge in [0, 0.05) is 41.1 Å². The lowest BCUT2D eigenvalue weighted by Crippen LogP contribution is -2.38. The van der Waals surface area contributed by atoms with Gasteiger partial charge in [-0.05, 0) is 96.2 Å². The monoisotopic (exact) mass is 877 g/mol. The molecule has 11 rings (SSSR count). The summed E-state index contributed by atoms with van der Waals surface area (Å²) in [5, 5.41) is 18.2. The molecule has 2 aromatic carbocycles. The molecule has 7 heterocycles. The molecule has 1 amide bonds. The van der Waals surface area contributed by atoms with Gasteiger partial charge in [-0.1, -0.05) is 0 Å². The van der Waals surface area contributed by atoms with E-state index < -0.39 is 18.4 Å². The number of aliphatic carboxylic acids is 1. The Kier molecular flexibility index (Phi) is 10.3. The van der Waals surface area contributed by atoms with E-state index >= 15 is 0 Å². The summed E-state index contributed by atoms with van der Waals surface area (Å²) >= 11 is 3.12. The molecule has 0 saturated carbocycles. The Morgan fingerprint density at radius 2 is 1.29 bits per heavy atom. The number of alkyl halides is 2. The van der Waals surface area contributed by atoms with Gasteiger partial charge in [0.1, 0.15) is 45.5 Å². The molecule has 14 nitrogen and oxygen atoms in total. The quantitative estimate of drug-likeness (QED) is 0.135. The Morgan fingerprint density at radius 3 is 1.77 bits per heavy atom. The largest absolute Gasteiger partial charge is 0.495 e. The predicted octanol–water partition coefficient (Wildman–Crippen LogP) is 7.91. The lowest BCUT2D eigenvalue weighted by Gasteiger charge is -2.26. The van der Waals surface area contributed by atoms with Crippen molar-refractivity contribution < 1.29 is 33.0 Å². The summed E-state index contributed by atoms with van der Waals surface area (Å²) in [6.07, 6.45) is 10.3. The summed E-state index contributed by atoms with van der Waals surface area (Å²) in [5.41, 5.74) is 8.32. The summed E-state index contributed by atoms with van der Waals surface area (Å²) < 4.78 is 38.4. The molecular weight excluding hydrogens is 837 g/mol. The summed E-state index contributed by atoms with van der Waals surface area (Å²) in [6.45, 7) is 0.992. The number of carbonyl (C=O) groups is 2. The van der Waals surface area contributed by atoms with Crippen molar-refractivity contribution in [2.45, 2.75) is 64.0 Å². The van der Waals surface area contributed by atoms with Gasteiger partial charge < -0.3 is 30.1 Å². The minimum atomic E-state index is -2.77. The highest BCUT2D eigenvalue weighted by Gasteiger charge is 2.42. The molecule has 4 aromatic heterocycles. The third-order valence-electron chi connectivity index (χ3n) is 12.3. The molecule has 5 aliphatic rings. The number of carboxylic acids is 1. The number of aromatic nitrogens is 4. The number of rotatable bonds is 8. The number of aryl methyl sites for hydroxylation is 2. The van der Waals surface area contributed by atoms with Crippen LogP contribution < -0.4 is 20.1 Å². The molecule has 2 aliphatic carbocycles. The van der Waals surface area contributed by atoms with Crippen molar-refractivity contribution in [1.29, 1.82) is 0 Å². The maximum absolute atomic E-state index is 13.6. The SMILES string of the molecule is COc1cc2c(cc1Nc1ncnc3sc4c(c13)CC[C@H](C(=O)N1CCC(F)(F)C1)C4)C=NC2.COc1cc2c(cc1Nc1ncnc3sc4c(c13)CC[C@H](C(=O)O)C4)C=NC2. The van der Waals surface area contributed by atoms with Crippen LogP contribution in [0.25, 0.3) is 20.4 Å². The summed E-state index contributed by atoms with van der Waals surface area (Å²) in [4.78, 5) is 56.1. The zero-order valence-corrected chi connectivity index (χ0v) is 35.5. The van der Waals surface area contributed by atoms with Crippen LogP contribution in [0.2, 0.25) is 0 Å². The van der Waals surface area contributed by atoms with E-state index in [2.05, 4.69) is 40.6 Å². The number of carbonyl (C=O) groups excluding carboxylic acids is 1. The van der Waals surface area contributed by atoms with Crippen LogP contribution in [0.15, 0.2) is 46.9 Å². The summed E-state index contributed by atoms with van der Waals surface area (Å²) in [7, 11) is 3.29. The molecule has 18 heteroatoms. The lowest BCUT2D eigenvalue weighted by molar-refractivity contribution is -0.142. The van der Waals surface area contributed by atoms with E-state index in [9.17, 15) is 23.5 Å². The molecule has 318 valence electrons. The second kappa shape index (κ2) is 16.0. The van der Waals surface area contributed by atoms with Gasteiger partial charge in [0.25, 0.3) is 5.92 Å². The number of fused-ring (bicyclic) bond motifs is 8. The average molecular weight is 878 g/mol. The number of carboxylic acid groups (broad SMARTS) is 1. The van der Waals surface area contributed by atoms with Gasteiger partial charge in [0.2, 0.25) is 5.91 Å². The van der Waals surface area contributed by atoms with E-state index in [0.29, 0.717) is 56.8 Å². The maximum Gasteiger partial charge on any atom is 0.306 e. The average Bonchev–Trinajstić information content (AvgIpc) is 4.12. The van der Waals surface area contributed by atoms with E-state index in [1.165, 1.54) is 16.8 Å². The number of hydrogen-bond donors (Lipinski definition) is 3. The first-order chi connectivity index (χ1) is 30.1. The number of amides is 1. The number of methoxy groups -OCH3 is 2. The van der Waals surface area contributed by atoms with Crippen LogP contribution in [-0.4, -0.2) is 87.5 Å². The Balaban J connectivity index is 0.000000151. The fourth-order valence-corrected chi connectivity index (χ4v) is 11.6. The van der Waals surface area contributed by atoms with Gasteiger partial charge in [-0.3, -0.25) is 19.6 Å². The van der Waals surface area contributed by atoms with Crippen molar-refractivity contribution >= 4 is 90.4 Å². The highest BCUT2D eigenvalue weighted by molar-refractivity contribution is 7.19. The van der Waals surface area contributed by atoms with Crippen LogP contribution in [0.1, 0.15) is 62.4 Å². The van der Waals surface area contributed by atoms with Crippen LogP contribution in [-0.2, 0) is 48.4 Å². The van der Waals surface area contributed by atoms with Gasteiger partial charge in [0.15, 0.2) is 0 Å². The maximum atomic E-state index is 13.6. The van der Waals surface area contributed by atoms with E-state index in [-0.39, 0.29) is 30.7 Å². The Hall–Kier alpha value is -6.14. The van der Waals surface area contributed by atoms with Crippen molar-refractivity contribution in [3.05, 3.63) is 80.1 Å². The molecule has 0 bridgehead atoms. The third-order valence-corrected chi connectivity index (χ3v) is 14.6. The molecule has 3 N–H and O–H groups in total. The lowest BCUT2D eigenvalue weighted by atomic mass is 9.87. The number of nitrogens with one attached hydrogen (secondary N) is 2. The van der Waals surface area contributed by atoms with E-state index in [1.54, 1.807) is 43.2 Å². The molecular formula is C44H41F2N9O5S2. The van der Waals surface area contributed by atoms with Gasteiger partial charge in [-0.25, -0.2) is 28.7 Å². The summed E-state index contributed by atoms with van der Waals surface area (Å²) in [6, 6.07) is 8.03. The van der Waals surface area contributed by atoms with Gasteiger partial charge in [-0.2, -0.15) is 0 Å². The molecule has 0 unspecified atom stereocenters. The van der Waals surface area contributed by atoms with E-state index in [4.69, 9.17) is 9.47 Å². The Bertz CT molecular complexity index is 2860. The second-order valence-corrected chi connectivity index (χ2v) is 18.3. The van der Waals surface area contributed by atoms with Crippen molar-refractivity contribution in [2.24, 2.45) is 21.8 Å². The number of ether oxygens (including phenoxy) is 2. The molecule has 6 aromatic rings. The molecule has 3 aliphatic heterocycles. The number of likely N-dealkylation sites (tertiary alicyclic amines) is 1. The third kappa shape index (κ3) is 7.37. The number of aliphatic imine (C=N–C) groups is 2. The minimum Gasteiger partial charge on any atom is -0.495 e. The topological polar surface area (TPSA) is 176 Å². The zero-order valence-electron chi connectivity index (χ0n) is 33.8. The highest BCUT2D eigenvalue weighted by Crippen LogP contribution is 2.44. The van der Waals surface area contributed by atoms with E-state index in [0.717, 1.165) is 87.4 Å². The number of hydrogen-bond acceptors (Lipinski definition) is 14. The molecule has 1 fully saturated rings. The van der Waals surface area contributed by atoms with Crippen molar-refractivity contribution in [2.75, 3.05) is 37.9 Å². The molecule has 2 atom stereocenters. The van der Waals surface area contributed by atoms with Gasteiger partial charge in [-0.15, -0.1) is 22.7 Å². The fraction of sp³-hybridized carbons (Fsp3) is 0.364. The Morgan fingerprint density at radius 1 is 0.774 bits per heavy atom. The van der Waals surface area contributed by atoms with Crippen molar-refractivity contribution in [3.8, 4) is 11.5 Å². The molecule has 62 heavy (non-hydrogen) atoms. The van der Waals surface area contributed by atoms with Crippen molar-refractivity contribution in [1.82, 2.24) is 24.8 Å². The predicted molar refractivity (Wildman–Crippen MR) is 235 cm³/mol. The van der Waals surface area contributed by atoms with Crippen LogP contribution in [0.4, 0.5) is 31.8 Å². The highest BCUT2D eigenvalue weighted by atomic mass is 32.1. The number of benzene rings is 2. The van der Waals surface area contributed by atoms with Crippen LogP contribution in [0.5, 0.6) is 11.5 Å². The second-order valence-electron chi connectivity index (χ2n) is 16.1.